The molecule has 4 rings (SSSR count). The summed E-state index contributed by atoms with van der Waals surface area (Å²) in [5.41, 5.74) is 1.53. The van der Waals surface area contributed by atoms with Gasteiger partial charge < -0.3 is 4.90 Å². The lowest BCUT2D eigenvalue weighted by molar-refractivity contribution is -0.120. The molecule has 1 aliphatic carbocycles. The molecule has 1 saturated heterocycles. The van der Waals surface area contributed by atoms with Gasteiger partial charge in [0, 0.05) is 18.9 Å². The van der Waals surface area contributed by atoms with Crippen LogP contribution in [-0.2, 0) is 4.79 Å². The van der Waals surface area contributed by atoms with E-state index < -0.39 is 0 Å². The van der Waals surface area contributed by atoms with Crippen molar-refractivity contribution in [3.63, 3.8) is 0 Å². The van der Waals surface area contributed by atoms with E-state index in [-0.39, 0.29) is 11.5 Å². The van der Waals surface area contributed by atoms with E-state index in [1.807, 2.05) is 41.3 Å². The van der Waals surface area contributed by atoms with Crippen LogP contribution in [0.2, 0.25) is 0 Å². The lowest BCUT2D eigenvalue weighted by Gasteiger charge is -2.26. The number of rotatable bonds is 2. The topological polar surface area (TPSA) is 46.1 Å². The van der Waals surface area contributed by atoms with Gasteiger partial charge in [0.25, 0.3) is 0 Å². The maximum atomic E-state index is 11.4. The van der Waals surface area contributed by atoms with Gasteiger partial charge in [-0.2, -0.15) is 0 Å². The number of carbonyl (C=O) groups is 1. The van der Waals surface area contributed by atoms with Crippen molar-refractivity contribution in [2.24, 2.45) is 11.3 Å². The summed E-state index contributed by atoms with van der Waals surface area (Å²) in [6.07, 6.45) is 5.47. The minimum Gasteiger partial charge on any atom is -0.335 e. The zero-order valence-corrected chi connectivity index (χ0v) is 12.0. The van der Waals surface area contributed by atoms with Gasteiger partial charge in [-0.05, 0) is 42.5 Å². The highest BCUT2D eigenvalue weighted by atomic mass is 16.1. The molecule has 0 bridgehead atoms. The average Bonchev–Trinajstić information content (AvgIpc) is 3.19. The van der Waals surface area contributed by atoms with Crippen LogP contribution in [0.4, 0.5) is 0 Å². The summed E-state index contributed by atoms with van der Waals surface area (Å²) in [7, 11) is 0. The summed E-state index contributed by atoms with van der Waals surface area (Å²) in [5, 5.41) is 0. The molecule has 3 atom stereocenters. The van der Waals surface area contributed by atoms with Crippen LogP contribution in [0.1, 0.15) is 23.9 Å². The quantitative estimate of drug-likeness (QED) is 0.628. The lowest BCUT2D eigenvalue weighted by Crippen LogP contribution is -2.28. The Morgan fingerprint density at radius 1 is 1.18 bits per heavy atom. The minimum atomic E-state index is -0.160. The van der Waals surface area contributed by atoms with Gasteiger partial charge >= 0.3 is 0 Å². The molecule has 0 N–H and O–H groups in total. The zero-order chi connectivity index (χ0) is 15.0. The number of carbonyl (C=O) groups excluding carboxylic acids is 1. The van der Waals surface area contributed by atoms with Crippen LogP contribution < -0.4 is 0 Å². The highest BCUT2D eigenvalue weighted by molar-refractivity contribution is 5.54. The summed E-state index contributed by atoms with van der Waals surface area (Å²) in [4.78, 5) is 22.0. The number of pyridine rings is 2. The van der Waals surface area contributed by atoms with E-state index in [2.05, 4.69) is 21.8 Å². The van der Waals surface area contributed by atoms with Gasteiger partial charge in [0.2, 0.25) is 6.41 Å². The second-order valence-electron chi connectivity index (χ2n) is 5.87. The Morgan fingerprint density at radius 3 is 2.68 bits per heavy atom. The Bertz CT molecular complexity index is 750. The Kier molecular flexibility index (Phi) is 2.93. The molecule has 0 radical (unpaired) electrons. The normalized spacial score (nSPS) is 28.5. The van der Waals surface area contributed by atoms with Gasteiger partial charge in [0.05, 0.1) is 17.2 Å². The van der Waals surface area contributed by atoms with Crippen molar-refractivity contribution in [1.29, 1.82) is 0 Å². The third kappa shape index (κ3) is 1.98. The van der Waals surface area contributed by atoms with Crippen LogP contribution in [0, 0.1) is 23.2 Å². The SMILES string of the molecule is O=CN1CC2CC2(C#Cc2ccccn2)C1c1ccccn1. The van der Waals surface area contributed by atoms with E-state index in [9.17, 15) is 4.79 Å². The summed E-state index contributed by atoms with van der Waals surface area (Å²) in [6.45, 7) is 0.766. The largest absolute Gasteiger partial charge is 0.335 e. The fourth-order valence-electron chi connectivity index (χ4n) is 3.48. The summed E-state index contributed by atoms with van der Waals surface area (Å²) in [6, 6.07) is 11.5. The monoisotopic (exact) mass is 289 g/mol. The number of likely N-dealkylation sites (tertiary alicyclic amines) is 1. The fraction of sp³-hybridized carbons (Fsp3) is 0.278. The number of hydrogen-bond acceptors (Lipinski definition) is 3. The van der Waals surface area contributed by atoms with Crippen molar-refractivity contribution in [1.82, 2.24) is 14.9 Å². The van der Waals surface area contributed by atoms with Crippen molar-refractivity contribution in [2.45, 2.75) is 12.5 Å². The molecular weight excluding hydrogens is 274 g/mol. The van der Waals surface area contributed by atoms with Crippen LogP contribution in [0.25, 0.3) is 0 Å². The standard InChI is InChI=1S/C18H15N3O/c22-13-21-12-14-11-18(14,8-7-15-5-1-3-9-19-15)17(21)16-6-2-4-10-20-16/h1-6,9-10,13-14,17H,11-12H2. The molecule has 1 saturated carbocycles. The van der Waals surface area contributed by atoms with Crippen LogP contribution in [0.5, 0.6) is 0 Å². The second-order valence-corrected chi connectivity index (χ2v) is 5.87. The first kappa shape index (κ1) is 13.0. The highest BCUT2D eigenvalue weighted by Crippen LogP contribution is 2.66. The van der Waals surface area contributed by atoms with Crippen molar-refractivity contribution >= 4 is 6.41 Å². The fourth-order valence-corrected chi connectivity index (χ4v) is 3.48. The maximum absolute atomic E-state index is 11.4. The molecule has 2 aromatic rings. The predicted molar refractivity (Wildman–Crippen MR) is 81.4 cm³/mol. The number of hydrogen-bond donors (Lipinski definition) is 0. The summed E-state index contributed by atoms with van der Waals surface area (Å²) in [5.74, 6) is 7.04. The van der Waals surface area contributed by atoms with Gasteiger partial charge in [0.15, 0.2) is 0 Å². The molecule has 22 heavy (non-hydrogen) atoms. The van der Waals surface area contributed by atoms with Crippen LogP contribution in [-0.4, -0.2) is 27.8 Å². The number of fused-ring (bicyclic) bond motifs is 1. The molecule has 4 heteroatoms. The molecule has 108 valence electrons. The minimum absolute atomic E-state index is 0.0487. The van der Waals surface area contributed by atoms with Crippen LogP contribution in [0.3, 0.4) is 0 Å². The third-order valence-corrected chi connectivity index (χ3v) is 4.59. The first-order chi connectivity index (χ1) is 10.8. The predicted octanol–water partition coefficient (Wildman–Crippen LogP) is 2.05. The molecule has 4 nitrogen and oxygen atoms in total. The zero-order valence-electron chi connectivity index (χ0n) is 12.0. The van der Waals surface area contributed by atoms with E-state index in [1.165, 1.54) is 0 Å². The molecule has 2 aliphatic rings. The summed E-state index contributed by atoms with van der Waals surface area (Å²) < 4.78 is 0. The van der Waals surface area contributed by atoms with Crippen LogP contribution in [0.15, 0.2) is 48.8 Å². The van der Waals surface area contributed by atoms with E-state index >= 15 is 0 Å². The number of aromatic nitrogens is 2. The molecule has 3 heterocycles. The van der Waals surface area contributed by atoms with Gasteiger partial charge in [-0.1, -0.05) is 18.1 Å². The Balaban J connectivity index is 1.72. The molecule has 2 aromatic heterocycles. The van der Waals surface area contributed by atoms with Gasteiger partial charge in [-0.3, -0.25) is 9.78 Å². The Labute approximate surface area is 129 Å². The molecule has 3 unspecified atom stereocenters. The smallest absolute Gasteiger partial charge is 0.210 e. The van der Waals surface area contributed by atoms with Crippen LogP contribution >= 0.6 is 0 Å². The average molecular weight is 289 g/mol. The van der Waals surface area contributed by atoms with E-state index in [1.54, 1.807) is 12.4 Å². The number of piperidine rings is 1. The lowest BCUT2D eigenvalue weighted by atomic mass is 9.93. The molecule has 1 amide bonds. The van der Waals surface area contributed by atoms with E-state index in [0.717, 1.165) is 30.8 Å². The van der Waals surface area contributed by atoms with Crippen molar-refractivity contribution in [2.75, 3.05) is 6.54 Å². The third-order valence-electron chi connectivity index (χ3n) is 4.59. The molecule has 0 aromatic carbocycles. The second kappa shape index (κ2) is 4.96. The van der Waals surface area contributed by atoms with Crippen molar-refractivity contribution in [3.8, 4) is 11.8 Å². The van der Waals surface area contributed by atoms with E-state index in [4.69, 9.17) is 0 Å². The Morgan fingerprint density at radius 2 is 2.00 bits per heavy atom. The van der Waals surface area contributed by atoms with Crippen molar-refractivity contribution in [3.05, 3.63) is 60.2 Å². The van der Waals surface area contributed by atoms with Gasteiger partial charge in [0.1, 0.15) is 5.69 Å². The number of nitrogens with zero attached hydrogens (tertiary/aromatic N) is 3. The molecule has 2 fully saturated rings. The highest BCUT2D eigenvalue weighted by Gasteiger charge is 2.66. The maximum Gasteiger partial charge on any atom is 0.210 e. The number of amides is 1. The summed E-state index contributed by atoms with van der Waals surface area (Å²) >= 11 is 0. The molecular formula is C18H15N3O. The van der Waals surface area contributed by atoms with Gasteiger partial charge in [-0.15, -0.1) is 0 Å². The molecule has 1 aliphatic heterocycles. The first-order valence-corrected chi connectivity index (χ1v) is 7.40. The van der Waals surface area contributed by atoms with Gasteiger partial charge in [-0.25, -0.2) is 4.98 Å². The van der Waals surface area contributed by atoms with E-state index in [0.29, 0.717) is 5.92 Å². The first-order valence-electron chi connectivity index (χ1n) is 7.40. The molecule has 0 spiro atoms. The van der Waals surface area contributed by atoms with Crippen molar-refractivity contribution < 1.29 is 4.79 Å². The Hall–Kier alpha value is -2.67.